The first kappa shape index (κ1) is 12.5. The molecule has 3 heteroatoms. The molecule has 92 valence electrons. The van der Waals surface area contributed by atoms with Crippen LogP contribution < -0.4 is 0 Å². The van der Waals surface area contributed by atoms with Crippen LogP contribution in [0.2, 0.25) is 0 Å². The maximum Gasteiger partial charge on any atom is 0.316 e. The minimum atomic E-state index is -0.102. The third-order valence-electron chi connectivity index (χ3n) is 3.11. The van der Waals surface area contributed by atoms with Gasteiger partial charge in [-0.1, -0.05) is 24.6 Å². The van der Waals surface area contributed by atoms with E-state index in [1.165, 1.54) is 23.7 Å². The van der Waals surface area contributed by atoms with E-state index in [-0.39, 0.29) is 5.97 Å². The number of thioether (sulfide) groups is 1. The van der Waals surface area contributed by atoms with Crippen molar-refractivity contribution in [1.29, 1.82) is 0 Å². The largest absolute Gasteiger partial charge is 0.465 e. The van der Waals surface area contributed by atoms with E-state index in [1.54, 1.807) is 0 Å². The van der Waals surface area contributed by atoms with E-state index in [1.807, 2.05) is 12.1 Å². The standard InChI is InChI=1S/C14H18O2S/c1-10-3-5-13(6-4-10)17-9-14(15)16-8-12-7-11(12)2/h3-6,11-12H,7-9H2,1-2H3. The summed E-state index contributed by atoms with van der Waals surface area (Å²) < 4.78 is 5.22. The Labute approximate surface area is 107 Å². The molecule has 2 atom stereocenters. The normalized spacial score (nSPS) is 22.2. The Balaban J connectivity index is 1.67. The molecule has 0 amide bonds. The monoisotopic (exact) mass is 250 g/mol. The first-order chi connectivity index (χ1) is 8.15. The van der Waals surface area contributed by atoms with Crippen LogP contribution >= 0.6 is 11.8 Å². The van der Waals surface area contributed by atoms with Crippen LogP contribution in [-0.2, 0) is 9.53 Å². The van der Waals surface area contributed by atoms with Gasteiger partial charge in [-0.25, -0.2) is 0 Å². The Morgan fingerprint density at radius 2 is 2.06 bits per heavy atom. The second kappa shape index (κ2) is 5.58. The van der Waals surface area contributed by atoms with Crippen LogP contribution in [0.4, 0.5) is 0 Å². The zero-order valence-electron chi connectivity index (χ0n) is 10.3. The van der Waals surface area contributed by atoms with Crippen LogP contribution in [0.5, 0.6) is 0 Å². The van der Waals surface area contributed by atoms with Crippen LogP contribution in [-0.4, -0.2) is 18.3 Å². The van der Waals surface area contributed by atoms with Crippen molar-refractivity contribution in [2.75, 3.05) is 12.4 Å². The third-order valence-corrected chi connectivity index (χ3v) is 4.10. The lowest BCUT2D eigenvalue weighted by atomic mass is 10.2. The summed E-state index contributed by atoms with van der Waals surface area (Å²) in [5.74, 6) is 1.66. The predicted molar refractivity (Wildman–Crippen MR) is 70.1 cm³/mol. The highest BCUT2D eigenvalue weighted by Gasteiger charge is 2.33. The average Bonchev–Trinajstić information content (AvgIpc) is 3.02. The van der Waals surface area contributed by atoms with E-state index in [9.17, 15) is 4.79 Å². The minimum absolute atomic E-state index is 0.102. The number of ether oxygens (including phenoxy) is 1. The van der Waals surface area contributed by atoms with E-state index < -0.39 is 0 Å². The van der Waals surface area contributed by atoms with E-state index in [4.69, 9.17) is 4.74 Å². The fraction of sp³-hybridized carbons (Fsp3) is 0.500. The van der Waals surface area contributed by atoms with Gasteiger partial charge in [0.25, 0.3) is 0 Å². The molecule has 0 spiro atoms. The summed E-state index contributed by atoms with van der Waals surface area (Å²) >= 11 is 1.54. The molecule has 2 rings (SSSR count). The van der Waals surface area contributed by atoms with Crippen LogP contribution in [0.25, 0.3) is 0 Å². The van der Waals surface area contributed by atoms with Crippen molar-refractivity contribution in [3.63, 3.8) is 0 Å². The number of aryl methyl sites for hydroxylation is 1. The smallest absolute Gasteiger partial charge is 0.316 e. The Morgan fingerprint density at radius 3 is 2.65 bits per heavy atom. The summed E-state index contributed by atoms with van der Waals surface area (Å²) in [7, 11) is 0. The highest BCUT2D eigenvalue weighted by Crippen LogP contribution is 2.37. The quantitative estimate of drug-likeness (QED) is 0.592. The molecule has 2 unspecified atom stereocenters. The molecule has 1 saturated carbocycles. The SMILES string of the molecule is Cc1ccc(SCC(=O)OCC2CC2C)cc1. The molecule has 0 aromatic heterocycles. The van der Waals surface area contributed by atoms with E-state index in [2.05, 4.69) is 26.0 Å². The Hall–Kier alpha value is -0.960. The Morgan fingerprint density at radius 1 is 1.41 bits per heavy atom. The van der Waals surface area contributed by atoms with Gasteiger partial charge in [0.1, 0.15) is 0 Å². The highest BCUT2D eigenvalue weighted by molar-refractivity contribution is 8.00. The van der Waals surface area contributed by atoms with Crippen molar-refractivity contribution in [3.8, 4) is 0 Å². The topological polar surface area (TPSA) is 26.3 Å². The molecule has 1 aliphatic rings. The van der Waals surface area contributed by atoms with Gasteiger partial charge >= 0.3 is 5.97 Å². The summed E-state index contributed by atoms with van der Waals surface area (Å²) in [5, 5.41) is 0. The van der Waals surface area contributed by atoms with E-state index in [0.717, 1.165) is 10.8 Å². The van der Waals surface area contributed by atoms with Crippen LogP contribution in [0.1, 0.15) is 18.9 Å². The van der Waals surface area contributed by atoms with Crippen molar-refractivity contribution >= 4 is 17.7 Å². The summed E-state index contributed by atoms with van der Waals surface area (Å²) in [6.45, 7) is 4.85. The number of carbonyl (C=O) groups is 1. The fourth-order valence-corrected chi connectivity index (χ4v) is 2.35. The second-order valence-electron chi connectivity index (χ2n) is 4.76. The zero-order valence-corrected chi connectivity index (χ0v) is 11.1. The number of esters is 1. The second-order valence-corrected chi connectivity index (χ2v) is 5.81. The molecule has 17 heavy (non-hydrogen) atoms. The third kappa shape index (κ3) is 4.08. The molecule has 0 saturated heterocycles. The fourth-order valence-electron chi connectivity index (χ4n) is 1.65. The number of carbonyl (C=O) groups excluding carboxylic acids is 1. The summed E-state index contributed by atoms with van der Waals surface area (Å²) in [4.78, 5) is 12.6. The van der Waals surface area contributed by atoms with E-state index >= 15 is 0 Å². The molecule has 1 aromatic carbocycles. The summed E-state index contributed by atoms with van der Waals surface area (Å²) in [5.41, 5.74) is 1.24. The molecule has 0 aliphatic heterocycles. The van der Waals surface area contributed by atoms with Crippen molar-refractivity contribution in [3.05, 3.63) is 29.8 Å². The molecule has 0 N–H and O–H groups in total. The van der Waals surface area contributed by atoms with Gasteiger partial charge in [0.05, 0.1) is 12.4 Å². The predicted octanol–water partition coefficient (Wildman–Crippen LogP) is 3.29. The first-order valence-corrected chi connectivity index (χ1v) is 6.99. The number of hydrogen-bond donors (Lipinski definition) is 0. The van der Waals surface area contributed by atoms with Gasteiger partial charge in [-0.2, -0.15) is 0 Å². The number of benzene rings is 1. The molecule has 0 radical (unpaired) electrons. The minimum Gasteiger partial charge on any atom is -0.465 e. The Bertz CT molecular complexity index is 386. The van der Waals surface area contributed by atoms with Crippen molar-refractivity contribution < 1.29 is 9.53 Å². The van der Waals surface area contributed by atoms with Gasteiger partial charge in [-0.05, 0) is 37.3 Å². The molecule has 1 aromatic rings. The van der Waals surface area contributed by atoms with Gasteiger partial charge in [0.2, 0.25) is 0 Å². The lowest BCUT2D eigenvalue weighted by Crippen LogP contribution is -2.09. The highest BCUT2D eigenvalue weighted by atomic mass is 32.2. The maximum absolute atomic E-state index is 11.5. The number of hydrogen-bond acceptors (Lipinski definition) is 3. The van der Waals surface area contributed by atoms with Gasteiger partial charge < -0.3 is 4.74 Å². The summed E-state index contributed by atoms with van der Waals surface area (Å²) in [6.07, 6.45) is 1.21. The van der Waals surface area contributed by atoms with Crippen LogP contribution in [0.3, 0.4) is 0 Å². The number of rotatable bonds is 5. The van der Waals surface area contributed by atoms with Gasteiger partial charge in [-0.15, -0.1) is 11.8 Å². The van der Waals surface area contributed by atoms with Gasteiger partial charge in [0, 0.05) is 4.90 Å². The molecule has 1 fully saturated rings. The first-order valence-electron chi connectivity index (χ1n) is 6.00. The van der Waals surface area contributed by atoms with Gasteiger partial charge in [-0.3, -0.25) is 4.79 Å². The van der Waals surface area contributed by atoms with E-state index in [0.29, 0.717) is 18.3 Å². The average molecular weight is 250 g/mol. The lowest BCUT2D eigenvalue weighted by Gasteiger charge is -2.04. The molecular formula is C14H18O2S. The molecular weight excluding hydrogens is 232 g/mol. The Kier molecular flexibility index (Phi) is 4.11. The molecule has 0 heterocycles. The van der Waals surface area contributed by atoms with Gasteiger partial charge in [0.15, 0.2) is 0 Å². The van der Waals surface area contributed by atoms with Crippen LogP contribution in [0, 0.1) is 18.8 Å². The lowest BCUT2D eigenvalue weighted by molar-refractivity contribution is -0.140. The molecule has 1 aliphatic carbocycles. The maximum atomic E-state index is 11.5. The van der Waals surface area contributed by atoms with Crippen molar-refractivity contribution in [2.24, 2.45) is 11.8 Å². The van der Waals surface area contributed by atoms with Crippen LogP contribution in [0.15, 0.2) is 29.2 Å². The molecule has 2 nitrogen and oxygen atoms in total. The summed E-state index contributed by atoms with van der Waals surface area (Å²) in [6, 6.07) is 8.19. The van der Waals surface area contributed by atoms with Crippen molar-refractivity contribution in [1.82, 2.24) is 0 Å². The molecule has 0 bridgehead atoms. The zero-order chi connectivity index (χ0) is 12.3. The van der Waals surface area contributed by atoms with Crippen molar-refractivity contribution in [2.45, 2.75) is 25.2 Å².